The molecule has 0 aliphatic carbocycles. The third kappa shape index (κ3) is 1.65. The van der Waals surface area contributed by atoms with Gasteiger partial charge in [0.25, 0.3) is 5.56 Å². The van der Waals surface area contributed by atoms with Gasteiger partial charge in [0, 0.05) is 17.6 Å². The van der Waals surface area contributed by atoms with Crippen LogP contribution < -0.4 is 5.56 Å². The predicted molar refractivity (Wildman–Crippen MR) is 59.2 cm³/mol. The summed E-state index contributed by atoms with van der Waals surface area (Å²) < 4.78 is 2.74. The Kier molecular flexibility index (Phi) is 2.29. The molecule has 14 heavy (non-hydrogen) atoms. The van der Waals surface area contributed by atoms with Crippen molar-refractivity contribution in [3.05, 3.63) is 45.2 Å². The molecular formula is C10H9BrN2O. The monoisotopic (exact) mass is 252 g/mol. The smallest absolute Gasteiger partial charge is 0.264 e. The van der Waals surface area contributed by atoms with E-state index in [4.69, 9.17) is 0 Å². The number of hydrogen-bond acceptors (Lipinski definition) is 1. The summed E-state index contributed by atoms with van der Waals surface area (Å²) in [6.45, 7) is 0. The molecule has 72 valence electrons. The Morgan fingerprint density at radius 1 is 1.29 bits per heavy atom. The molecule has 0 bridgehead atoms. The van der Waals surface area contributed by atoms with Gasteiger partial charge in [-0.2, -0.15) is 0 Å². The van der Waals surface area contributed by atoms with Crippen LogP contribution in [0.25, 0.3) is 11.3 Å². The van der Waals surface area contributed by atoms with E-state index in [2.05, 4.69) is 21.0 Å². The maximum absolute atomic E-state index is 11.1. The Labute approximate surface area is 89.5 Å². The second-order valence-electron chi connectivity index (χ2n) is 3.07. The van der Waals surface area contributed by atoms with Crippen LogP contribution in [0.15, 0.2) is 39.6 Å². The molecule has 0 unspecified atom stereocenters. The van der Waals surface area contributed by atoms with Crippen LogP contribution in [0.4, 0.5) is 0 Å². The summed E-state index contributed by atoms with van der Waals surface area (Å²) in [5.74, 6) is 0. The first kappa shape index (κ1) is 9.27. The zero-order valence-corrected chi connectivity index (χ0v) is 9.21. The van der Waals surface area contributed by atoms with Crippen molar-refractivity contribution in [2.45, 2.75) is 0 Å². The quantitative estimate of drug-likeness (QED) is 0.830. The Balaban J connectivity index is 2.54. The van der Waals surface area contributed by atoms with E-state index in [9.17, 15) is 4.79 Å². The lowest BCUT2D eigenvalue weighted by Crippen LogP contribution is -2.00. The highest BCUT2D eigenvalue weighted by Gasteiger charge is 2.03. The third-order valence-corrected chi connectivity index (χ3v) is 2.58. The van der Waals surface area contributed by atoms with Crippen molar-refractivity contribution in [2.75, 3.05) is 0 Å². The maximum atomic E-state index is 11.1. The van der Waals surface area contributed by atoms with E-state index in [1.807, 2.05) is 31.3 Å². The average molecular weight is 253 g/mol. The van der Waals surface area contributed by atoms with Crippen LogP contribution in [-0.2, 0) is 7.05 Å². The number of benzene rings is 1. The fraction of sp³-hybridized carbons (Fsp3) is 0.100. The van der Waals surface area contributed by atoms with E-state index < -0.39 is 0 Å². The zero-order chi connectivity index (χ0) is 10.1. The number of hydrogen-bond donors (Lipinski definition) is 1. The molecule has 0 aliphatic heterocycles. The van der Waals surface area contributed by atoms with E-state index in [0.717, 1.165) is 15.7 Å². The van der Waals surface area contributed by atoms with Gasteiger partial charge in [0.05, 0.1) is 5.69 Å². The Bertz CT molecular complexity index is 496. The summed E-state index contributed by atoms with van der Waals surface area (Å²) >= 11 is 3.37. The van der Waals surface area contributed by atoms with E-state index in [-0.39, 0.29) is 5.56 Å². The summed E-state index contributed by atoms with van der Waals surface area (Å²) in [4.78, 5) is 11.1. The lowest BCUT2D eigenvalue weighted by molar-refractivity contribution is 0.764. The number of nitrogens with one attached hydrogen (secondary N) is 1. The molecule has 0 fully saturated rings. The molecule has 4 heteroatoms. The molecule has 1 N–H and O–H groups in total. The first-order chi connectivity index (χ1) is 6.66. The molecule has 2 aromatic rings. The molecule has 1 heterocycles. The molecule has 0 aliphatic rings. The van der Waals surface area contributed by atoms with Gasteiger partial charge in [-0.15, -0.1) is 0 Å². The lowest BCUT2D eigenvalue weighted by atomic mass is 10.1. The third-order valence-electron chi connectivity index (χ3n) is 2.05. The Morgan fingerprint density at radius 2 is 1.93 bits per heavy atom. The number of aryl methyl sites for hydroxylation is 1. The zero-order valence-electron chi connectivity index (χ0n) is 7.62. The van der Waals surface area contributed by atoms with Crippen LogP contribution in [0.1, 0.15) is 0 Å². The first-order valence-electron chi connectivity index (χ1n) is 4.19. The molecule has 0 radical (unpaired) electrons. The first-order valence-corrected chi connectivity index (χ1v) is 4.98. The summed E-state index contributed by atoms with van der Waals surface area (Å²) in [7, 11) is 1.82. The Hall–Kier alpha value is -1.29. The maximum Gasteiger partial charge on any atom is 0.264 e. The summed E-state index contributed by atoms with van der Waals surface area (Å²) in [6.07, 6.45) is 0. The van der Waals surface area contributed by atoms with Gasteiger partial charge in [0.2, 0.25) is 0 Å². The standard InChI is InChI=1S/C10H9BrN2O/c1-13-9(6-10(14)12-13)7-2-4-8(11)5-3-7/h2-6H,1H3,(H,12,14). The molecule has 0 amide bonds. The van der Waals surface area contributed by atoms with E-state index >= 15 is 0 Å². The molecular weight excluding hydrogens is 244 g/mol. The van der Waals surface area contributed by atoms with Crippen molar-refractivity contribution in [3.63, 3.8) is 0 Å². The molecule has 0 atom stereocenters. The van der Waals surface area contributed by atoms with Crippen LogP contribution in [0.3, 0.4) is 0 Å². The number of nitrogens with zero attached hydrogens (tertiary/aromatic N) is 1. The fourth-order valence-electron chi connectivity index (χ4n) is 1.38. The van der Waals surface area contributed by atoms with Gasteiger partial charge in [0.1, 0.15) is 0 Å². The second-order valence-corrected chi connectivity index (χ2v) is 3.99. The molecule has 0 saturated carbocycles. The molecule has 2 rings (SSSR count). The van der Waals surface area contributed by atoms with Crippen molar-refractivity contribution in [1.29, 1.82) is 0 Å². The van der Waals surface area contributed by atoms with Crippen LogP contribution in [0.2, 0.25) is 0 Å². The molecule has 3 nitrogen and oxygen atoms in total. The van der Waals surface area contributed by atoms with Crippen molar-refractivity contribution in [1.82, 2.24) is 9.78 Å². The van der Waals surface area contributed by atoms with Crippen molar-refractivity contribution in [2.24, 2.45) is 7.05 Å². The second kappa shape index (κ2) is 3.46. The van der Waals surface area contributed by atoms with Crippen molar-refractivity contribution < 1.29 is 0 Å². The van der Waals surface area contributed by atoms with Crippen LogP contribution in [0, 0.1) is 0 Å². The van der Waals surface area contributed by atoms with Gasteiger partial charge in [-0.3, -0.25) is 14.6 Å². The molecule has 1 aromatic heterocycles. The van der Waals surface area contributed by atoms with Gasteiger partial charge >= 0.3 is 0 Å². The number of rotatable bonds is 1. The fourth-order valence-corrected chi connectivity index (χ4v) is 1.64. The van der Waals surface area contributed by atoms with Gasteiger partial charge in [-0.1, -0.05) is 28.1 Å². The predicted octanol–water partition coefficient (Wildman–Crippen LogP) is 2.14. The number of aromatic amines is 1. The van der Waals surface area contributed by atoms with Crippen molar-refractivity contribution >= 4 is 15.9 Å². The van der Waals surface area contributed by atoms with E-state index in [0.29, 0.717) is 0 Å². The van der Waals surface area contributed by atoms with Crippen LogP contribution in [0.5, 0.6) is 0 Å². The minimum absolute atomic E-state index is 0.0783. The normalized spacial score (nSPS) is 10.4. The number of halogens is 1. The minimum Gasteiger partial charge on any atom is -0.288 e. The summed E-state index contributed by atoms with van der Waals surface area (Å²) in [6, 6.07) is 9.42. The van der Waals surface area contributed by atoms with Crippen molar-refractivity contribution in [3.8, 4) is 11.3 Å². The SMILES string of the molecule is Cn1[nH]c(=O)cc1-c1ccc(Br)cc1. The molecule has 0 saturated heterocycles. The average Bonchev–Trinajstić information content (AvgIpc) is 2.47. The van der Waals surface area contributed by atoms with Crippen LogP contribution >= 0.6 is 15.9 Å². The molecule has 0 spiro atoms. The number of H-pyrrole nitrogens is 1. The highest BCUT2D eigenvalue weighted by atomic mass is 79.9. The van der Waals surface area contributed by atoms with Crippen LogP contribution in [-0.4, -0.2) is 9.78 Å². The van der Waals surface area contributed by atoms with Gasteiger partial charge in [-0.25, -0.2) is 0 Å². The highest BCUT2D eigenvalue weighted by Crippen LogP contribution is 2.19. The lowest BCUT2D eigenvalue weighted by Gasteiger charge is -2.01. The highest BCUT2D eigenvalue weighted by molar-refractivity contribution is 9.10. The van der Waals surface area contributed by atoms with E-state index in [1.54, 1.807) is 10.7 Å². The molecule has 1 aromatic carbocycles. The minimum atomic E-state index is -0.0783. The van der Waals surface area contributed by atoms with Gasteiger partial charge < -0.3 is 0 Å². The largest absolute Gasteiger partial charge is 0.288 e. The summed E-state index contributed by atoms with van der Waals surface area (Å²) in [5, 5.41) is 2.67. The number of aromatic nitrogens is 2. The Morgan fingerprint density at radius 3 is 2.43 bits per heavy atom. The van der Waals surface area contributed by atoms with E-state index in [1.165, 1.54) is 0 Å². The van der Waals surface area contributed by atoms with Gasteiger partial charge in [0.15, 0.2) is 0 Å². The topological polar surface area (TPSA) is 37.8 Å². The summed E-state index contributed by atoms with van der Waals surface area (Å²) in [5.41, 5.74) is 1.84. The van der Waals surface area contributed by atoms with Gasteiger partial charge in [-0.05, 0) is 17.7 Å².